The number of benzene rings is 6. The topological polar surface area (TPSA) is 62.8 Å². The Morgan fingerprint density at radius 2 is 1.20 bits per heavy atom. The third-order valence-corrected chi connectivity index (χ3v) is 8.57. The van der Waals surface area contributed by atoms with Crippen LogP contribution in [0.15, 0.2) is 160 Å². The van der Waals surface area contributed by atoms with Crippen molar-refractivity contribution in [2.45, 2.75) is 6.17 Å². The maximum atomic E-state index is 6.17. The second-order valence-corrected chi connectivity index (χ2v) is 11.4. The van der Waals surface area contributed by atoms with Crippen molar-refractivity contribution in [3.63, 3.8) is 0 Å². The minimum atomic E-state index is -0.439. The van der Waals surface area contributed by atoms with Crippen LogP contribution in [0.2, 0.25) is 0 Å². The van der Waals surface area contributed by atoms with Gasteiger partial charge in [-0.3, -0.25) is 4.98 Å². The lowest BCUT2D eigenvalue weighted by Gasteiger charge is -2.23. The molecule has 0 saturated carbocycles. The molecule has 1 aliphatic rings. The summed E-state index contributed by atoms with van der Waals surface area (Å²) >= 11 is 0. The molecule has 1 aliphatic heterocycles. The van der Waals surface area contributed by atoms with E-state index in [2.05, 4.69) is 119 Å². The highest BCUT2D eigenvalue weighted by Gasteiger charge is 2.24. The van der Waals surface area contributed by atoms with Gasteiger partial charge in [0.1, 0.15) is 17.3 Å². The molecule has 2 aromatic heterocycles. The molecule has 212 valence electrons. The van der Waals surface area contributed by atoms with Gasteiger partial charge in [-0.25, -0.2) is 9.98 Å². The zero-order valence-corrected chi connectivity index (χ0v) is 24.2. The van der Waals surface area contributed by atoms with E-state index in [0.29, 0.717) is 5.84 Å². The van der Waals surface area contributed by atoms with Gasteiger partial charge in [-0.05, 0) is 62.5 Å². The second-order valence-electron chi connectivity index (χ2n) is 11.4. The summed E-state index contributed by atoms with van der Waals surface area (Å²) in [4.78, 5) is 14.9. The third-order valence-electron chi connectivity index (χ3n) is 8.57. The molecule has 0 saturated heterocycles. The van der Waals surface area contributed by atoms with Crippen molar-refractivity contribution in [3.8, 4) is 11.1 Å². The predicted octanol–water partition coefficient (Wildman–Crippen LogP) is 9.45. The SMILES string of the molecule is c1ccc(-c2ccc3cc(C4=NC(c5ccc6ccccc6c5)N=C(c5cncc6oc7ccccc7c56)N4)ccc3c2)cc1. The number of pyridine rings is 1. The number of aromatic nitrogens is 1. The van der Waals surface area contributed by atoms with Crippen LogP contribution >= 0.6 is 0 Å². The smallest absolute Gasteiger partial charge is 0.169 e. The zero-order valence-electron chi connectivity index (χ0n) is 24.2. The predicted molar refractivity (Wildman–Crippen MR) is 184 cm³/mol. The Labute approximate surface area is 259 Å². The summed E-state index contributed by atoms with van der Waals surface area (Å²) in [7, 11) is 0. The van der Waals surface area contributed by atoms with Gasteiger partial charge >= 0.3 is 0 Å². The molecular weight excluding hydrogens is 552 g/mol. The molecule has 9 rings (SSSR count). The first-order valence-corrected chi connectivity index (χ1v) is 15.0. The van der Waals surface area contributed by atoms with Crippen LogP contribution in [0.3, 0.4) is 0 Å². The number of rotatable bonds is 4. The monoisotopic (exact) mass is 578 g/mol. The molecule has 3 heterocycles. The van der Waals surface area contributed by atoms with E-state index in [9.17, 15) is 0 Å². The summed E-state index contributed by atoms with van der Waals surface area (Å²) < 4.78 is 6.17. The number of fused-ring (bicyclic) bond motifs is 5. The van der Waals surface area contributed by atoms with Gasteiger partial charge in [0.25, 0.3) is 0 Å². The summed E-state index contributed by atoms with van der Waals surface area (Å²) in [5.74, 6) is 1.47. The van der Waals surface area contributed by atoms with Gasteiger partial charge in [0, 0.05) is 28.1 Å². The number of furan rings is 1. The lowest BCUT2D eigenvalue weighted by Crippen LogP contribution is -2.36. The van der Waals surface area contributed by atoms with Crippen LogP contribution < -0.4 is 5.32 Å². The molecule has 1 atom stereocenters. The van der Waals surface area contributed by atoms with Crippen LogP contribution in [0, 0.1) is 0 Å². The molecule has 1 unspecified atom stereocenters. The molecule has 0 radical (unpaired) electrons. The molecule has 8 aromatic rings. The third kappa shape index (κ3) is 4.45. The first-order valence-electron chi connectivity index (χ1n) is 15.0. The van der Waals surface area contributed by atoms with Crippen molar-refractivity contribution < 1.29 is 4.42 Å². The fourth-order valence-corrected chi connectivity index (χ4v) is 6.31. The molecular formula is C40H26N4O. The van der Waals surface area contributed by atoms with Crippen LogP contribution in [0.25, 0.3) is 54.6 Å². The molecule has 0 amide bonds. The van der Waals surface area contributed by atoms with Crippen LogP contribution in [0.4, 0.5) is 0 Å². The van der Waals surface area contributed by atoms with E-state index in [-0.39, 0.29) is 0 Å². The number of amidine groups is 2. The van der Waals surface area contributed by atoms with Crippen molar-refractivity contribution in [2.75, 3.05) is 0 Å². The van der Waals surface area contributed by atoms with E-state index in [4.69, 9.17) is 14.4 Å². The Balaban J connectivity index is 1.18. The molecule has 0 aliphatic carbocycles. The highest BCUT2D eigenvalue weighted by Crippen LogP contribution is 2.33. The molecule has 6 aromatic carbocycles. The van der Waals surface area contributed by atoms with Crippen molar-refractivity contribution >= 4 is 55.2 Å². The molecule has 5 heteroatoms. The number of nitrogens with one attached hydrogen (secondary N) is 1. The maximum Gasteiger partial charge on any atom is 0.169 e. The van der Waals surface area contributed by atoms with E-state index in [1.807, 2.05) is 30.5 Å². The zero-order chi connectivity index (χ0) is 29.7. The average Bonchev–Trinajstić information content (AvgIpc) is 3.50. The number of aliphatic imine (C=N–C) groups is 2. The van der Waals surface area contributed by atoms with Crippen LogP contribution in [0.1, 0.15) is 22.9 Å². The lowest BCUT2D eigenvalue weighted by atomic mass is 9.99. The van der Waals surface area contributed by atoms with Crippen LogP contribution in [-0.4, -0.2) is 16.7 Å². The summed E-state index contributed by atoms with van der Waals surface area (Å²) in [6.07, 6.45) is 3.19. The van der Waals surface area contributed by atoms with E-state index in [1.54, 1.807) is 6.20 Å². The van der Waals surface area contributed by atoms with Crippen molar-refractivity contribution in [1.82, 2.24) is 10.3 Å². The molecule has 45 heavy (non-hydrogen) atoms. The highest BCUT2D eigenvalue weighted by atomic mass is 16.3. The molecule has 5 nitrogen and oxygen atoms in total. The fraction of sp³-hybridized carbons (Fsp3) is 0.0250. The van der Waals surface area contributed by atoms with Gasteiger partial charge in [-0.15, -0.1) is 0 Å². The Kier molecular flexibility index (Phi) is 5.81. The van der Waals surface area contributed by atoms with Gasteiger partial charge in [-0.2, -0.15) is 0 Å². The molecule has 1 N–H and O–H groups in total. The first kappa shape index (κ1) is 25.4. The first-order chi connectivity index (χ1) is 22.3. The Morgan fingerprint density at radius 1 is 0.511 bits per heavy atom. The molecule has 0 spiro atoms. The summed E-state index contributed by atoms with van der Waals surface area (Å²) in [5.41, 5.74) is 6.84. The number of para-hydroxylation sites is 1. The summed E-state index contributed by atoms with van der Waals surface area (Å²) in [6.45, 7) is 0. The van der Waals surface area contributed by atoms with Gasteiger partial charge in [-0.1, -0.05) is 109 Å². The Morgan fingerprint density at radius 3 is 2.09 bits per heavy atom. The number of nitrogens with zero attached hydrogens (tertiary/aromatic N) is 3. The van der Waals surface area contributed by atoms with Crippen LogP contribution in [0.5, 0.6) is 0 Å². The minimum absolute atomic E-state index is 0.439. The summed E-state index contributed by atoms with van der Waals surface area (Å²) in [6, 6.07) is 46.5. The van der Waals surface area contributed by atoms with Gasteiger partial charge in [0.15, 0.2) is 11.7 Å². The second kappa shape index (κ2) is 10.3. The van der Waals surface area contributed by atoms with E-state index < -0.39 is 6.17 Å². The standard InChI is InChI=1S/C40H26N4O/c1-2-8-25(9-3-1)28-15-16-30-22-32(19-17-29(30)20-28)39-42-38(31-18-14-26-10-4-5-11-27(26)21-31)43-40(44-39)34-23-41-24-36-37(34)33-12-6-7-13-35(33)45-36/h1-24,38H,(H,42,43,44). The Hall–Kier alpha value is -6.07. The van der Waals surface area contributed by atoms with Crippen molar-refractivity contribution in [3.05, 3.63) is 163 Å². The van der Waals surface area contributed by atoms with Crippen molar-refractivity contribution in [1.29, 1.82) is 0 Å². The average molecular weight is 579 g/mol. The van der Waals surface area contributed by atoms with E-state index in [0.717, 1.165) is 55.2 Å². The van der Waals surface area contributed by atoms with E-state index >= 15 is 0 Å². The fourth-order valence-electron chi connectivity index (χ4n) is 6.31. The quantitative estimate of drug-likeness (QED) is 0.226. The Bertz CT molecular complexity index is 2470. The lowest BCUT2D eigenvalue weighted by molar-refractivity contribution is 0.667. The molecule has 0 bridgehead atoms. The van der Waals surface area contributed by atoms with Crippen molar-refractivity contribution in [2.24, 2.45) is 9.98 Å². The van der Waals surface area contributed by atoms with Gasteiger partial charge in [0.2, 0.25) is 0 Å². The largest absolute Gasteiger partial charge is 0.454 e. The minimum Gasteiger partial charge on any atom is -0.454 e. The summed E-state index contributed by atoms with van der Waals surface area (Å²) in [5, 5.41) is 10.3. The number of hydrogen-bond acceptors (Lipinski definition) is 5. The number of hydrogen-bond donors (Lipinski definition) is 1. The van der Waals surface area contributed by atoms with Crippen LogP contribution in [-0.2, 0) is 0 Å². The normalized spacial score (nSPS) is 14.9. The van der Waals surface area contributed by atoms with Gasteiger partial charge in [0.05, 0.1) is 6.20 Å². The maximum absolute atomic E-state index is 6.17. The van der Waals surface area contributed by atoms with E-state index in [1.165, 1.54) is 21.9 Å². The van der Waals surface area contributed by atoms with Gasteiger partial charge < -0.3 is 9.73 Å². The highest BCUT2D eigenvalue weighted by molar-refractivity contribution is 6.23. The molecule has 0 fully saturated rings.